The summed E-state index contributed by atoms with van der Waals surface area (Å²) < 4.78 is 0. The third-order valence-electron chi connectivity index (χ3n) is 6.80. The van der Waals surface area contributed by atoms with Crippen LogP contribution in [0.15, 0.2) is 23.3 Å². The van der Waals surface area contributed by atoms with Crippen LogP contribution in [0.5, 0.6) is 0 Å². The van der Waals surface area contributed by atoms with E-state index in [1.807, 2.05) is 6.20 Å². The predicted molar refractivity (Wildman–Crippen MR) is 141 cm³/mol. The fourth-order valence-electron chi connectivity index (χ4n) is 5.05. The average Bonchev–Trinajstić information content (AvgIpc) is 3.51. The van der Waals surface area contributed by atoms with Gasteiger partial charge in [-0.05, 0) is 63.1 Å². The van der Waals surface area contributed by atoms with Crippen LogP contribution in [0.4, 0.5) is 5.82 Å². The van der Waals surface area contributed by atoms with Crippen molar-refractivity contribution >= 4 is 41.7 Å². The molecule has 178 valence electrons. The molecule has 7 nitrogen and oxygen atoms in total. The number of pyridine rings is 1. The van der Waals surface area contributed by atoms with Crippen molar-refractivity contribution in [1.29, 1.82) is 0 Å². The van der Waals surface area contributed by atoms with Gasteiger partial charge >= 0.3 is 0 Å². The zero-order chi connectivity index (χ0) is 21.5. The Bertz CT molecular complexity index is 761. The maximum atomic E-state index is 12.7. The van der Waals surface area contributed by atoms with Gasteiger partial charge in [0.2, 0.25) is 5.91 Å². The van der Waals surface area contributed by atoms with Gasteiger partial charge in [-0.3, -0.25) is 4.79 Å². The molecule has 1 saturated carbocycles. The molecule has 8 heteroatoms. The van der Waals surface area contributed by atoms with Gasteiger partial charge in [0.25, 0.3) is 0 Å². The van der Waals surface area contributed by atoms with Crippen molar-refractivity contribution in [3.8, 4) is 0 Å². The van der Waals surface area contributed by atoms with Crippen LogP contribution >= 0.6 is 24.0 Å². The van der Waals surface area contributed by atoms with E-state index in [-0.39, 0.29) is 35.9 Å². The first-order valence-corrected chi connectivity index (χ1v) is 12.3. The summed E-state index contributed by atoms with van der Waals surface area (Å²) in [5.74, 6) is 2.54. The number of aliphatic imine (C=N–C) groups is 1. The number of aromatic nitrogens is 1. The van der Waals surface area contributed by atoms with Gasteiger partial charge in [0.05, 0.1) is 6.54 Å². The summed E-state index contributed by atoms with van der Waals surface area (Å²) in [4.78, 5) is 26.6. The first kappa shape index (κ1) is 25.1. The van der Waals surface area contributed by atoms with Crippen LogP contribution in [-0.4, -0.2) is 60.5 Å². The molecule has 0 bridgehead atoms. The van der Waals surface area contributed by atoms with Gasteiger partial charge in [0.1, 0.15) is 5.82 Å². The van der Waals surface area contributed by atoms with Crippen LogP contribution < -0.4 is 15.5 Å². The summed E-state index contributed by atoms with van der Waals surface area (Å²) in [5, 5.41) is 6.93. The van der Waals surface area contributed by atoms with E-state index in [0.717, 1.165) is 63.8 Å². The fraction of sp³-hybridized carbons (Fsp3) is 0.708. The van der Waals surface area contributed by atoms with Gasteiger partial charge in [-0.2, -0.15) is 0 Å². The number of nitrogens with one attached hydrogen (secondary N) is 2. The molecule has 4 rings (SSSR count). The Morgan fingerprint density at radius 1 is 1.12 bits per heavy atom. The molecule has 1 amide bonds. The summed E-state index contributed by atoms with van der Waals surface area (Å²) in [6.45, 7) is 7.37. The summed E-state index contributed by atoms with van der Waals surface area (Å²) in [5.41, 5.74) is 1.18. The van der Waals surface area contributed by atoms with Crippen LogP contribution in [-0.2, 0) is 11.3 Å². The number of amides is 1. The standard InChI is InChI=1S/C24H38N6O.HI/c1-2-25-24(28-21-11-15-30(18-21)23(31)20-8-4-5-9-20)27-17-19-10-12-26-22(16-19)29-13-6-3-7-14-29;/h10,12,16,20-21H,2-9,11,13-15,17-18H2,1H3,(H2,25,27,28);1H. The Labute approximate surface area is 209 Å². The van der Waals surface area contributed by atoms with E-state index in [0.29, 0.717) is 12.5 Å². The highest BCUT2D eigenvalue weighted by Crippen LogP contribution is 2.28. The number of likely N-dealkylation sites (tertiary alicyclic amines) is 1. The van der Waals surface area contributed by atoms with E-state index in [9.17, 15) is 4.79 Å². The minimum Gasteiger partial charge on any atom is -0.357 e. The van der Waals surface area contributed by atoms with Gasteiger partial charge in [-0.15, -0.1) is 24.0 Å². The van der Waals surface area contributed by atoms with Crippen molar-refractivity contribution in [1.82, 2.24) is 20.5 Å². The first-order valence-electron chi connectivity index (χ1n) is 12.3. The number of hydrogen-bond donors (Lipinski definition) is 2. The maximum absolute atomic E-state index is 12.7. The molecule has 2 N–H and O–H groups in total. The SMILES string of the molecule is CCNC(=NCc1ccnc(N2CCCCC2)c1)NC1CCN(C(=O)C2CCCC2)C1.I. The van der Waals surface area contributed by atoms with E-state index in [2.05, 4.69) is 44.5 Å². The average molecular weight is 555 g/mol. The van der Waals surface area contributed by atoms with Gasteiger partial charge in [-0.25, -0.2) is 9.98 Å². The van der Waals surface area contributed by atoms with Gasteiger partial charge in [-0.1, -0.05) is 12.8 Å². The van der Waals surface area contributed by atoms with Gasteiger partial charge in [0, 0.05) is 50.9 Å². The Hall–Kier alpha value is -1.58. The quantitative estimate of drug-likeness (QED) is 0.320. The second-order valence-electron chi connectivity index (χ2n) is 9.16. The predicted octanol–water partition coefficient (Wildman–Crippen LogP) is 3.54. The van der Waals surface area contributed by atoms with E-state index < -0.39 is 0 Å². The molecule has 1 aromatic heterocycles. The van der Waals surface area contributed by atoms with Crippen LogP contribution in [0.2, 0.25) is 0 Å². The highest BCUT2D eigenvalue weighted by molar-refractivity contribution is 14.0. The van der Waals surface area contributed by atoms with Crippen LogP contribution in [0.25, 0.3) is 0 Å². The molecule has 1 aromatic rings. The Balaban J connectivity index is 0.00000289. The highest BCUT2D eigenvalue weighted by atomic mass is 127. The third-order valence-corrected chi connectivity index (χ3v) is 6.80. The van der Waals surface area contributed by atoms with Crippen LogP contribution in [0, 0.1) is 5.92 Å². The van der Waals surface area contributed by atoms with Crippen molar-refractivity contribution in [2.75, 3.05) is 37.6 Å². The third kappa shape index (κ3) is 6.71. The Morgan fingerprint density at radius 2 is 1.91 bits per heavy atom. The molecule has 1 unspecified atom stereocenters. The number of carbonyl (C=O) groups excluding carboxylic acids is 1. The summed E-state index contributed by atoms with van der Waals surface area (Å²) >= 11 is 0. The van der Waals surface area contributed by atoms with Crippen molar-refractivity contribution in [2.45, 2.75) is 70.9 Å². The lowest BCUT2D eigenvalue weighted by Crippen LogP contribution is -2.45. The van der Waals surface area contributed by atoms with Crippen LogP contribution in [0.3, 0.4) is 0 Å². The minimum absolute atomic E-state index is 0. The zero-order valence-electron chi connectivity index (χ0n) is 19.4. The molecular formula is C24H39IN6O. The zero-order valence-corrected chi connectivity index (χ0v) is 21.7. The monoisotopic (exact) mass is 554 g/mol. The van der Waals surface area contributed by atoms with E-state index in [1.54, 1.807) is 0 Å². The number of halogens is 1. The smallest absolute Gasteiger partial charge is 0.225 e. The number of carbonyl (C=O) groups is 1. The maximum Gasteiger partial charge on any atom is 0.225 e. The Morgan fingerprint density at radius 3 is 2.66 bits per heavy atom. The summed E-state index contributed by atoms with van der Waals surface area (Å²) in [7, 11) is 0. The number of hydrogen-bond acceptors (Lipinski definition) is 4. The molecule has 1 aliphatic carbocycles. The fourth-order valence-corrected chi connectivity index (χ4v) is 5.05. The summed E-state index contributed by atoms with van der Waals surface area (Å²) in [6.07, 6.45) is 11.3. The molecule has 3 heterocycles. The number of piperidine rings is 1. The molecule has 2 saturated heterocycles. The number of nitrogens with zero attached hydrogens (tertiary/aromatic N) is 4. The highest BCUT2D eigenvalue weighted by Gasteiger charge is 2.32. The lowest BCUT2D eigenvalue weighted by molar-refractivity contribution is -0.134. The number of anilines is 1. The molecule has 32 heavy (non-hydrogen) atoms. The number of guanidine groups is 1. The van der Waals surface area contributed by atoms with Crippen molar-refractivity contribution < 1.29 is 4.79 Å². The molecular weight excluding hydrogens is 515 g/mol. The number of rotatable bonds is 6. The lowest BCUT2D eigenvalue weighted by atomic mass is 10.1. The molecule has 0 radical (unpaired) electrons. The molecule has 2 aliphatic heterocycles. The Kier molecular flexibility index (Phi) is 9.87. The normalized spacial score (nSPS) is 22.0. The van der Waals surface area contributed by atoms with E-state index >= 15 is 0 Å². The van der Waals surface area contributed by atoms with Gasteiger partial charge < -0.3 is 20.4 Å². The minimum atomic E-state index is 0. The lowest BCUT2D eigenvalue weighted by Gasteiger charge is -2.27. The van der Waals surface area contributed by atoms with Crippen LogP contribution in [0.1, 0.15) is 63.9 Å². The topological polar surface area (TPSA) is 72.9 Å². The molecule has 0 spiro atoms. The first-order chi connectivity index (χ1) is 15.2. The van der Waals surface area contributed by atoms with Gasteiger partial charge in [0.15, 0.2) is 5.96 Å². The van der Waals surface area contributed by atoms with Crippen molar-refractivity contribution in [3.05, 3.63) is 23.9 Å². The van der Waals surface area contributed by atoms with E-state index in [1.165, 1.54) is 37.7 Å². The molecule has 0 aromatic carbocycles. The second-order valence-corrected chi connectivity index (χ2v) is 9.16. The summed E-state index contributed by atoms with van der Waals surface area (Å²) in [6, 6.07) is 4.50. The molecule has 3 aliphatic rings. The largest absolute Gasteiger partial charge is 0.357 e. The second kappa shape index (κ2) is 12.6. The molecule has 3 fully saturated rings. The van der Waals surface area contributed by atoms with Crippen molar-refractivity contribution in [2.24, 2.45) is 10.9 Å². The van der Waals surface area contributed by atoms with E-state index in [4.69, 9.17) is 4.99 Å². The molecule has 1 atom stereocenters. The van der Waals surface area contributed by atoms with Crippen molar-refractivity contribution in [3.63, 3.8) is 0 Å².